The van der Waals surface area contributed by atoms with E-state index in [9.17, 15) is 4.79 Å². The molecule has 0 unspecified atom stereocenters. The Bertz CT molecular complexity index is 1170. The van der Waals surface area contributed by atoms with Gasteiger partial charge in [-0.3, -0.25) is 14.4 Å². The molecule has 0 aliphatic heterocycles. The third-order valence-electron chi connectivity index (χ3n) is 4.75. The molecule has 0 atom stereocenters. The lowest BCUT2D eigenvalue weighted by atomic mass is 10.2. The highest BCUT2D eigenvalue weighted by molar-refractivity contribution is 7.22. The van der Waals surface area contributed by atoms with E-state index in [1.165, 1.54) is 11.3 Å². The lowest BCUT2D eigenvalue weighted by molar-refractivity contribution is 0.0975. The highest BCUT2D eigenvalue weighted by Crippen LogP contribution is 2.35. The van der Waals surface area contributed by atoms with Crippen molar-refractivity contribution in [1.29, 1.82) is 0 Å². The molecule has 0 aliphatic carbocycles. The summed E-state index contributed by atoms with van der Waals surface area (Å²) < 4.78 is 8.47. The molecule has 0 fully saturated rings. The number of carbonyl (C=O) groups is 1. The lowest BCUT2D eigenvalue weighted by Crippen LogP contribution is -2.32. The number of amides is 1. The van der Waals surface area contributed by atoms with Gasteiger partial charge in [0.1, 0.15) is 17.0 Å². The number of benzene rings is 2. The van der Waals surface area contributed by atoms with E-state index in [0.29, 0.717) is 30.5 Å². The third-order valence-corrected chi connectivity index (χ3v) is 5.79. The molecule has 30 heavy (non-hydrogen) atoms. The Hall–Kier alpha value is -3.19. The van der Waals surface area contributed by atoms with E-state index in [-0.39, 0.29) is 5.91 Å². The van der Waals surface area contributed by atoms with Gasteiger partial charge in [-0.05, 0) is 44.5 Å². The van der Waals surface area contributed by atoms with Gasteiger partial charge in [-0.1, -0.05) is 47.7 Å². The largest absolute Gasteiger partial charge is 0.492 e. The number of thiazole rings is 1. The minimum absolute atomic E-state index is 0.113. The number of aromatic nitrogens is 3. The Balaban J connectivity index is 1.80. The van der Waals surface area contributed by atoms with Crippen LogP contribution in [0.2, 0.25) is 0 Å². The van der Waals surface area contributed by atoms with Gasteiger partial charge >= 0.3 is 0 Å². The van der Waals surface area contributed by atoms with E-state index in [4.69, 9.17) is 9.72 Å². The van der Waals surface area contributed by atoms with Crippen LogP contribution in [0.4, 0.5) is 5.13 Å². The van der Waals surface area contributed by atoms with Crippen molar-refractivity contribution in [3.05, 3.63) is 71.5 Å². The molecule has 4 aromatic rings. The number of carbonyl (C=O) groups excluding carboxylic acids is 1. The third kappa shape index (κ3) is 3.93. The Labute approximate surface area is 179 Å². The first-order valence-corrected chi connectivity index (χ1v) is 10.8. The van der Waals surface area contributed by atoms with Crippen LogP contribution in [0.1, 0.15) is 35.6 Å². The summed E-state index contributed by atoms with van der Waals surface area (Å²) in [4.78, 5) is 20.2. The molecule has 154 valence electrons. The van der Waals surface area contributed by atoms with Gasteiger partial charge in [0.2, 0.25) is 0 Å². The monoisotopic (exact) mass is 420 g/mol. The number of nitrogens with zero attached hydrogens (tertiary/aromatic N) is 4. The first-order valence-electron chi connectivity index (χ1n) is 10.0. The van der Waals surface area contributed by atoms with Crippen molar-refractivity contribution in [3.8, 4) is 5.75 Å². The van der Waals surface area contributed by atoms with Gasteiger partial charge in [-0.2, -0.15) is 5.10 Å². The predicted molar refractivity (Wildman–Crippen MR) is 120 cm³/mol. The van der Waals surface area contributed by atoms with Crippen LogP contribution in [0.5, 0.6) is 5.75 Å². The zero-order chi connectivity index (χ0) is 21.1. The molecule has 0 saturated heterocycles. The van der Waals surface area contributed by atoms with Crippen LogP contribution in [0, 0.1) is 6.92 Å². The van der Waals surface area contributed by atoms with Crippen LogP contribution in [-0.4, -0.2) is 27.3 Å². The number of ether oxygens (including phenoxy) is 1. The molecule has 2 aromatic carbocycles. The molecule has 7 heteroatoms. The van der Waals surface area contributed by atoms with Crippen LogP contribution in [0.15, 0.2) is 54.6 Å². The van der Waals surface area contributed by atoms with Crippen molar-refractivity contribution in [3.63, 3.8) is 0 Å². The summed E-state index contributed by atoms with van der Waals surface area (Å²) in [6, 6.07) is 17.7. The summed E-state index contributed by atoms with van der Waals surface area (Å²) in [5, 5.41) is 5.09. The van der Waals surface area contributed by atoms with Gasteiger partial charge < -0.3 is 4.74 Å². The first kappa shape index (κ1) is 20.1. The van der Waals surface area contributed by atoms with Gasteiger partial charge in [0.05, 0.1) is 23.5 Å². The maximum Gasteiger partial charge on any atom is 0.278 e. The summed E-state index contributed by atoms with van der Waals surface area (Å²) in [6.07, 6.45) is 0. The average Bonchev–Trinajstić information content (AvgIpc) is 3.36. The minimum atomic E-state index is -0.113. The van der Waals surface area contributed by atoms with Crippen LogP contribution in [-0.2, 0) is 13.1 Å². The molecule has 4 rings (SSSR count). The fourth-order valence-electron chi connectivity index (χ4n) is 3.39. The number of hydrogen-bond donors (Lipinski definition) is 0. The zero-order valence-corrected chi connectivity index (χ0v) is 18.1. The van der Waals surface area contributed by atoms with Gasteiger partial charge in [-0.15, -0.1) is 0 Å². The number of para-hydroxylation sites is 1. The average molecular weight is 421 g/mol. The van der Waals surface area contributed by atoms with E-state index in [1.807, 2.05) is 75.4 Å². The van der Waals surface area contributed by atoms with Gasteiger partial charge in [0.25, 0.3) is 5.91 Å². The fraction of sp³-hybridized carbons (Fsp3) is 0.261. The molecule has 1 amide bonds. The molecule has 0 aliphatic rings. The normalized spacial score (nSPS) is 11.0. The topological polar surface area (TPSA) is 60.2 Å². The standard InChI is InChI=1S/C23H24N4O2S/c1-4-27-18(14-16(3)25-27)22(28)26(15-17-10-7-6-8-11-17)23-24-21-19(29-5-2)12-9-13-20(21)30-23/h6-14H,4-5,15H2,1-3H3. The maximum atomic E-state index is 13.6. The number of rotatable bonds is 7. The number of aryl methyl sites for hydroxylation is 2. The molecule has 6 nitrogen and oxygen atoms in total. The highest BCUT2D eigenvalue weighted by Gasteiger charge is 2.25. The van der Waals surface area contributed by atoms with Crippen molar-refractivity contribution in [2.75, 3.05) is 11.5 Å². The summed E-state index contributed by atoms with van der Waals surface area (Å²) in [7, 11) is 0. The second kappa shape index (κ2) is 8.67. The van der Waals surface area contributed by atoms with E-state index in [1.54, 1.807) is 9.58 Å². The maximum absolute atomic E-state index is 13.6. The first-order chi connectivity index (χ1) is 14.6. The van der Waals surface area contributed by atoms with Crippen LogP contribution in [0.25, 0.3) is 10.2 Å². The predicted octanol–water partition coefficient (Wildman–Crippen LogP) is 5.07. The Morgan fingerprint density at radius 2 is 1.93 bits per heavy atom. The molecule has 0 spiro atoms. The van der Waals surface area contributed by atoms with E-state index in [2.05, 4.69) is 5.10 Å². The van der Waals surface area contributed by atoms with Crippen molar-refractivity contribution < 1.29 is 9.53 Å². The SMILES string of the molecule is CCOc1cccc2sc(N(Cc3ccccc3)C(=O)c3cc(C)nn3CC)nc12. The number of fused-ring (bicyclic) bond motifs is 1. The Kier molecular flexibility index (Phi) is 5.81. The molecular weight excluding hydrogens is 396 g/mol. The summed E-state index contributed by atoms with van der Waals surface area (Å²) in [5.41, 5.74) is 3.21. The fourth-order valence-corrected chi connectivity index (χ4v) is 4.37. The molecule has 0 N–H and O–H groups in total. The molecule has 0 radical (unpaired) electrons. The molecule has 0 bridgehead atoms. The Morgan fingerprint density at radius 1 is 1.13 bits per heavy atom. The Morgan fingerprint density at radius 3 is 2.67 bits per heavy atom. The molecular formula is C23H24N4O2S. The summed E-state index contributed by atoms with van der Waals surface area (Å²) in [5.74, 6) is 0.623. The number of anilines is 1. The smallest absolute Gasteiger partial charge is 0.278 e. The van der Waals surface area contributed by atoms with E-state index in [0.717, 1.165) is 27.2 Å². The lowest BCUT2D eigenvalue weighted by Gasteiger charge is -2.20. The molecule has 2 aromatic heterocycles. The van der Waals surface area contributed by atoms with Gasteiger partial charge in [0.15, 0.2) is 5.13 Å². The quantitative estimate of drug-likeness (QED) is 0.419. The molecule has 2 heterocycles. The summed E-state index contributed by atoms with van der Waals surface area (Å²) >= 11 is 1.49. The van der Waals surface area contributed by atoms with E-state index >= 15 is 0 Å². The van der Waals surface area contributed by atoms with Crippen LogP contribution in [0.3, 0.4) is 0 Å². The van der Waals surface area contributed by atoms with Crippen molar-refractivity contribution >= 4 is 32.6 Å². The summed E-state index contributed by atoms with van der Waals surface area (Å²) in [6.45, 7) is 7.45. The van der Waals surface area contributed by atoms with Crippen molar-refractivity contribution in [1.82, 2.24) is 14.8 Å². The van der Waals surface area contributed by atoms with Crippen molar-refractivity contribution in [2.24, 2.45) is 0 Å². The number of hydrogen-bond acceptors (Lipinski definition) is 5. The molecule has 0 saturated carbocycles. The van der Waals surface area contributed by atoms with Gasteiger partial charge in [-0.25, -0.2) is 4.98 Å². The van der Waals surface area contributed by atoms with Crippen molar-refractivity contribution in [2.45, 2.75) is 33.9 Å². The van der Waals surface area contributed by atoms with Gasteiger partial charge in [0, 0.05) is 6.54 Å². The highest BCUT2D eigenvalue weighted by atomic mass is 32.1. The second-order valence-corrected chi connectivity index (χ2v) is 7.91. The second-order valence-electron chi connectivity index (χ2n) is 6.90. The van der Waals surface area contributed by atoms with Crippen LogP contribution < -0.4 is 9.64 Å². The van der Waals surface area contributed by atoms with E-state index < -0.39 is 0 Å². The zero-order valence-electron chi connectivity index (χ0n) is 17.3. The van der Waals surface area contributed by atoms with Crippen LogP contribution >= 0.6 is 11.3 Å². The minimum Gasteiger partial charge on any atom is -0.492 e.